The molecule has 1 aromatic heterocycles. The monoisotopic (exact) mass is 354 g/mol. The van der Waals surface area contributed by atoms with Crippen LogP contribution in [0.1, 0.15) is 12.5 Å². The summed E-state index contributed by atoms with van der Waals surface area (Å²) in [6, 6.07) is 13.0. The first-order chi connectivity index (χ1) is 12.6. The third-order valence-electron chi connectivity index (χ3n) is 4.08. The number of pyridine rings is 1. The summed E-state index contributed by atoms with van der Waals surface area (Å²) in [5, 5.41) is 4.17. The summed E-state index contributed by atoms with van der Waals surface area (Å²) >= 11 is 0. The Bertz CT molecular complexity index is 966. The minimum absolute atomic E-state index is 0.129. The quantitative estimate of drug-likeness (QED) is 0.679. The molecule has 6 heteroatoms. The third-order valence-corrected chi connectivity index (χ3v) is 4.08. The number of aromatic nitrogens is 1. The van der Waals surface area contributed by atoms with Gasteiger partial charge in [0.1, 0.15) is 17.2 Å². The number of rotatable bonds is 7. The van der Waals surface area contributed by atoms with Crippen LogP contribution < -0.4 is 25.1 Å². The number of methoxy groups -OCH3 is 2. The van der Waals surface area contributed by atoms with Crippen LogP contribution in [-0.4, -0.2) is 25.8 Å². The van der Waals surface area contributed by atoms with Crippen LogP contribution in [0, 0.1) is 0 Å². The molecule has 26 heavy (non-hydrogen) atoms. The molecule has 3 rings (SSSR count). The minimum atomic E-state index is -0.129. The second-order valence-electron chi connectivity index (χ2n) is 5.73. The molecular weight excluding hydrogens is 332 g/mol. The number of H-pyrrole nitrogens is 1. The molecule has 0 radical (unpaired) electrons. The van der Waals surface area contributed by atoms with Crippen molar-refractivity contribution in [1.82, 2.24) is 4.98 Å². The third kappa shape index (κ3) is 3.74. The van der Waals surface area contributed by atoms with E-state index >= 15 is 0 Å². The lowest BCUT2D eigenvalue weighted by Crippen LogP contribution is -2.16. The molecule has 0 aliphatic rings. The van der Waals surface area contributed by atoms with E-state index < -0.39 is 0 Å². The molecule has 0 aliphatic heterocycles. The molecule has 136 valence electrons. The van der Waals surface area contributed by atoms with Gasteiger partial charge in [0.25, 0.3) is 5.56 Å². The molecule has 0 aliphatic carbocycles. The Morgan fingerprint density at radius 3 is 2.54 bits per heavy atom. The number of ether oxygens (including phenoxy) is 3. The topological polar surface area (TPSA) is 72.6 Å². The van der Waals surface area contributed by atoms with E-state index in [0.29, 0.717) is 30.2 Å². The van der Waals surface area contributed by atoms with Crippen LogP contribution in [0.5, 0.6) is 17.2 Å². The first-order valence-electron chi connectivity index (χ1n) is 8.39. The van der Waals surface area contributed by atoms with Crippen LogP contribution in [0.2, 0.25) is 0 Å². The van der Waals surface area contributed by atoms with Crippen LogP contribution in [0.25, 0.3) is 10.9 Å². The Hall–Kier alpha value is -3.15. The largest absolute Gasteiger partial charge is 0.497 e. The van der Waals surface area contributed by atoms with E-state index in [-0.39, 0.29) is 5.56 Å². The van der Waals surface area contributed by atoms with Gasteiger partial charge in [-0.25, -0.2) is 0 Å². The van der Waals surface area contributed by atoms with Gasteiger partial charge in [0, 0.05) is 29.1 Å². The van der Waals surface area contributed by atoms with Crippen molar-refractivity contribution in [2.75, 3.05) is 26.1 Å². The highest BCUT2D eigenvalue weighted by atomic mass is 16.5. The van der Waals surface area contributed by atoms with Crippen molar-refractivity contribution in [2.45, 2.75) is 13.5 Å². The van der Waals surface area contributed by atoms with Crippen molar-refractivity contribution in [3.05, 3.63) is 58.4 Å². The number of fused-ring (bicyclic) bond motifs is 1. The maximum Gasteiger partial charge on any atom is 0.253 e. The smallest absolute Gasteiger partial charge is 0.253 e. The molecule has 0 bridgehead atoms. The van der Waals surface area contributed by atoms with Crippen molar-refractivity contribution in [3.63, 3.8) is 0 Å². The minimum Gasteiger partial charge on any atom is -0.497 e. The average molecular weight is 354 g/mol. The van der Waals surface area contributed by atoms with Crippen molar-refractivity contribution in [1.29, 1.82) is 0 Å². The molecule has 0 amide bonds. The fourth-order valence-corrected chi connectivity index (χ4v) is 2.76. The molecule has 2 N–H and O–H groups in total. The lowest BCUT2D eigenvalue weighted by Gasteiger charge is -2.13. The Morgan fingerprint density at radius 2 is 1.81 bits per heavy atom. The zero-order valence-corrected chi connectivity index (χ0v) is 15.1. The van der Waals surface area contributed by atoms with Crippen LogP contribution in [0.15, 0.2) is 47.3 Å². The first-order valence-corrected chi connectivity index (χ1v) is 8.39. The number of hydrogen-bond acceptors (Lipinski definition) is 5. The average Bonchev–Trinajstić information content (AvgIpc) is 2.66. The predicted octanol–water partition coefficient (Wildman–Crippen LogP) is 3.56. The van der Waals surface area contributed by atoms with E-state index in [1.54, 1.807) is 14.2 Å². The first kappa shape index (κ1) is 17.7. The van der Waals surface area contributed by atoms with Gasteiger partial charge < -0.3 is 24.5 Å². The summed E-state index contributed by atoms with van der Waals surface area (Å²) in [5.41, 5.74) is 2.03. The van der Waals surface area contributed by atoms with E-state index in [4.69, 9.17) is 14.2 Å². The number of aromatic amines is 1. The lowest BCUT2D eigenvalue weighted by molar-refractivity contribution is 0.340. The van der Waals surface area contributed by atoms with E-state index in [9.17, 15) is 4.79 Å². The molecule has 6 nitrogen and oxygen atoms in total. The molecule has 0 fully saturated rings. The van der Waals surface area contributed by atoms with Crippen LogP contribution in [0.4, 0.5) is 5.69 Å². The Labute approximate surface area is 151 Å². The fraction of sp³-hybridized carbons (Fsp3) is 0.250. The van der Waals surface area contributed by atoms with E-state index in [1.807, 2.05) is 49.4 Å². The van der Waals surface area contributed by atoms with Gasteiger partial charge in [-0.1, -0.05) is 0 Å². The number of benzene rings is 2. The van der Waals surface area contributed by atoms with Crippen molar-refractivity contribution >= 4 is 16.6 Å². The number of hydrogen-bond donors (Lipinski definition) is 2. The molecule has 2 aromatic carbocycles. The molecular formula is C20H22N2O4. The maximum atomic E-state index is 12.4. The van der Waals surface area contributed by atoms with E-state index in [0.717, 1.165) is 22.3 Å². The van der Waals surface area contributed by atoms with Gasteiger partial charge >= 0.3 is 0 Å². The molecule has 0 saturated carbocycles. The normalized spacial score (nSPS) is 10.6. The predicted molar refractivity (Wildman–Crippen MR) is 103 cm³/mol. The molecule has 0 spiro atoms. The second kappa shape index (κ2) is 7.82. The zero-order chi connectivity index (χ0) is 18.5. The van der Waals surface area contributed by atoms with Crippen LogP contribution in [0.3, 0.4) is 0 Å². The highest BCUT2D eigenvalue weighted by Gasteiger charge is 2.08. The Kier molecular flexibility index (Phi) is 5.31. The second-order valence-corrected chi connectivity index (χ2v) is 5.73. The van der Waals surface area contributed by atoms with Gasteiger partial charge in [0.05, 0.1) is 26.5 Å². The summed E-state index contributed by atoms with van der Waals surface area (Å²) in [7, 11) is 3.21. The zero-order valence-electron chi connectivity index (χ0n) is 15.1. The van der Waals surface area contributed by atoms with Gasteiger partial charge in [0.15, 0.2) is 0 Å². The van der Waals surface area contributed by atoms with Crippen LogP contribution >= 0.6 is 0 Å². The Balaban J connectivity index is 1.88. The number of anilines is 1. The number of nitrogens with one attached hydrogen (secondary N) is 2. The van der Waals surface area contributed by atoms with Crippen LogP contribution in [-0.2, 0) is 6.54 Å². The molecule has 0 atom stereocenters. The summed E-state index contributed by atoms with van der Waals surface area (Å²) < 4.78 is 16.1. The molecule has 3 aromatic rings. The van der Waals surface area contributed by atoms with Crippen molar-refractivity contribution < 1.29 is 14.2 Å². The van der Waals surface area contributed by atoms with Gasteiger partial charge in [-0.15, -0.1) is 0 Å². The van der Waals surface area contributed by atoms with E-state index in [1.165, 1.54) is 0 Å². The standard InChI is InChI=1S/C20H22N2O4/c1-4-26-16-5-7-17-13(10-16)9-14(20(23)22-17)12-21-18-11-15(24-2)6-8-19(18)25-3/h5-11,21H,4,12H2,1-3H3,(H,22,23). The summed E-state index contributed by atoms with van der Waals surface area (Å²) in [6.45, 7) is 2.89. The summed E-state index contributed by atoms with van der Waals surface area (Å²) in [5.74, 6) is 2.17. The maximum absolute atomic E-state index is 12.4. The van der Waals surface area contributed by atoms with Gasteiger partial charge in [-0.05, 0) is 43.3 Å². The molecule has 0 unspecified atom stereocenters. The van der Waals surface area contributed by atoms with Gasteiger partial charge in [0.2, 0.25) is 0 Å². The van der Waals surface area contributed by atoms with Crippen molar-refractivity contribution in [3.8, 4) is 17.2 Å². The lowest BCUT2D eigenvalue weighted by atomic mass is 10.1. The Morgan fingerprint density at radius 1 is 1.00 bits per heavy atom. The van der Waals surface area contributed by atoms with Crippen molar-refractivity contribution in [2.24, 2.45) is 0 Å². The fourth-order valence-electron chi connectivity index (χ4n) is 2.76. The SMILES string of the molecule is CCOc1ccc2[nH]c(=O)c(CNc3cc(OC)ccc3OC)cc2c1. The van der Waals surface area contributed by atoms with E-state index in [2.05, 4.69) is 10.3 Å². The summed E-state index contributed by atoms with van der Waals surface area (Å²) in [4.78, 5) is 15.3. The van der Waals surface area contributed by atoms with Gasteiger partial charge in [-0.3, -0.25) is 4.79 Å². The molecule has 0 saturated heterocycles. The molecule has 1 heterocycles. The van der Waals surface area contributed by atoms with Gasteiger partial charge in [-0.2, -0.15) is 0 Å². The highest BCUT2D eigenvalue weighted by Crippen LogP contribution is 2.29. The highest BCUT2D eigenvalue weighted by molar-refractivity contribution is 5.80. The summed E-state index contributed by atoms with van der Waals surface area (Å²) in [6.07, 6.45) is 0.